The zero-order valence-corrected chi connectivity index (χ0v) is 20.0. The zero-order chi connectivity index (χ0) is 21.3. The van der Waals surface area contributed by atoms with E-state index < -0.39 is 0 Å². The maximum atomic E-state index is 10.3. The largest absolute Gasteiger partial charge is 0.493 e. The van der Waals surface area contributed by atoms with Crippen LogP contribution in [0.1, 0.15) is 43.2 Å². The predicted molar refractivity (Wildman–Crippen MR) is 123 cm³/mol. The molecule has 1 saturated carbocycles. The molecule has 0 aromatic heterocycles. The molecule has 3 atom stereocenters. The average Bonchev–Trinajstić information content (AvgIpc) is 2.78. The standard InChI is InChI=1S/C22H29N3O5.BrH/c1-5-30-19-9-14-15-8-13(26)6-7-17(15)24-22(16(14)10-18(19)27-2)25-12-20(28-3)23-11-21(25)29-4;/h9-13,15,17,23,26H,5-8H2,1-4H3;1H/t13-,15-,17-;/m1./s1. The summed E-state index contributed by atoms with van der Waals surface area (Å²) >= 11 is 0. The molecular weight excluding hydrogens is 466 g/mol. The van der Waals surface area contributed by atoms with Gasteiger partial charge in [-0.15, -0.1) is 17.0 Å². The molecule has 1 aromatic carbocycles. The third-order valence-electron chi connectivity index (χ3n) is 5.83. The van der Waals surface area contributed by atoms with Crippen molar-refractivity contribution in [3.63, 3.8) is 0 Å². The van der Waals surface area contributed by atoms with Gasteiger partial charge in [-0.25, -0.2) is 0 Å². The Bertz CT molecular complexity index is 901. The molecule has 3 aliphatic rings. The summed E-state index contributed by atoms with van der Waals surface area (Å²) in [5.41, 5.74) is 2.04. The highest BCUT2D eigenvalue weighted by Crippen LogP contribution is 2.45. The van der Waals surface area contributed by atoms with Crippen LogP contribution in [0.2, 0.25) is 0 Å². The molecule has 8 nitrogen and oxygen atoms in total. The number of methoxy groups -OCH3 is 3. The second kappa shape index (κ2) is 9.82. The maximum absolute atomic E-state index is 10.3. The number of amidine groups is 1. The Labute approximate surface area is 193 Å². The lowest BCUT2D eigenvalue weighted by Gasteiger charge is -2.39. The number of aliphatic hydroxyl groups is 1. The number of aliphatic imine (C=N–C) groups is 1. The van der Waals surface area contributed by atoms with E-state index in [-0.39, 0.29) is 35.0 Å². The number of rotatable bonds is 5. The van der Waals surface area contributed by atoms with E-state index in [1.807, 2.05) is 30.2 Å². The number of benzene rings is 1. The Morgan fingerprint density at radius 2 is 1.94 bits per heavy atom. The Hall–Kier alpha value is -2.39. The number of hydrogen-bond acceptors (Lipinski definition) is 8. The Morgan fingerprint density at radius 3 is 2.61 bits per heavy atom. The smallest absolute Gasteiger partial charge is 0.215 e. The molecule has 2 aliphatic heterocycles. The van der Waals surface area contributed by atoms with E-state index in [0.717, 1.165) is 29.8 Å². The van der Waals surface area contributed by atoms with Gasteiger partial charge >= 0.3 is 0 Å². The molecule has 2 N–H and O–H groups in total. The van der Waals surface area contributed by atoms with Crippen LogP contribution in [0.4, 0.5) is 0 Å². The SMILES string of the molecule is Br.CCOc1cc2c(cc1OC)C(N1C=C(OC)NC=C1OC)=N[C@@H]1CC[C@@H](O)C[C@H]21. The van der Waals surface area contributed by atoms with Crippen molar-refractivity contribution in [2.24, 2.45) is 4.99 Å². The van der Waals surface area contributed by atoms with Gasteiger partial charge in [0.2, 0.25) is 11.8 Å². The van der Waals surface area contributed by atoms with Crippen LogP contribution in [0.15, 0.2) is 41.3 Å². The number of fused-ring (bicyclic) bond motifs is 3. The van der Waals surface area contributed by atoms with Crippen LogP contribution >= 0.6 is 17.0 Å². The first-order valence-electron chi connectivity index (χ1n) is 10.3. The van der Waals surface area contributed by atoms with E-state index in [2.05, 4.69) is 5.32 Å². The van der Waals surface area contributed by atoms with Gasteiger partial charge < -0.3 is 29.4 Å². The second-order valence-corrected chi connectivity index (χ2v) is 7.52. The van der Waals surface area contributed by atoms with Gasteiger partial charge in [0.05, 0.1) is 52.5 Å². The summed E-state index contributed by atoms with van der Waals surface area (Å²) in [7, 11) is 4.86. The van der Waals surface area contributed by atoms with Gasteiger partial charge in [-0.05, 0) is 43.9 Å². The van der Waals surface area contributed by atoms with Gasteiger partial charge in [0.25, 0.3) is 0 Å². The van der Waals surface area contributed by atoms with E-state index in [9.17, 15) is 5.11 Å². The lowest BCUT2D eigenvalue weighted by Crippen LogP contribution is -2.40. The highest BCUT2D eigenvalue weighted by atomic mass is 79.9. The lowest BCUT2D eigenvalue weighted by molar-refractivity contribution is 0.110. The molecule has 1 aromatic rings. The van der Waals surface area contributed by atoms with Gasteiger partial charge in [-0.1, -0.05) is 0 Å². The van der Waals surface area contributed by atoms with E-state index >= 15 is 0 Å². The fourth-order valence-electron chi connectivity index (χ4n) is 4.40. The van der Waals surface area contributed by atoms with Crippen molar-refractivity contribution in [1.82, 2.24) is 10.2 Å². The highest BCUT2D eigenvalue weighted by molar-refractivity contribution is 8.93. The van der Waals surface area contributed by atoms with Crippen molar-refractivity contribution < 1.29 is 24.1 Å². The summed E-state index contributed by atoms with van der Waals surface area (Å²) < 4.78 is 22.4. The number of halogens is 1. The quantitative estimate of drug-likeness (QED) is 0.648. The van der Waals surface area contributed by atoms with Crippen LogP contribution in [-0.2, 0) is 9.47 Å². The van der Waals surface area contributed by atoms with E-state index in [1.54, 1.807) is 27.5 Å². The minimum absolute atomic E-state index is 0. The Morgan fingerprint density at radius 1 is 1.13 bits per heavy atom. The van der Waals surface area contributed by atoms with Crippen molar-refractivity contribution in [3.05, 3.63) is 47.4 Å². The average molecular weight is 496 g/mol. The molecule has 31 heavy (non-hydrogen) atoms. The van der Waals surface area contributed by atoms with Gasteiger partial charge in [-0.3, -0.25) is 9.89 Å². The van der Waals surface area contributed by atoms with Gasteiger partial charge in [-0.2, -0.15) is 0 Å². The lowest BCUT2D eigenvalue weighted by atomic mass is 9.75. The molecule has 0 unspecified atom stereocenters. The Balaban J connectivity index is 0.00000272. The first-order valence-corrected chi connectivity index (χ1v) is 10.3. The molecule has 0 saturated heterocycles. The van der Waals surface area contributed by atoms with Gasteiger partial charge in [0, 0.05) is 11.5 Å². The van der Waals surface area contributed by atoms with Crippen molar-refractivity contribution in [2.45, 2.75) is 44.2 Å². The van der Waals surface area contributed by atoms with E-state index in [1.165, 1.54) is 0 Å². The summed E-state index contributed by atoms with van der Waals surface area (Å²) in [6, 6.07) is 4.08. The molecule has 0 spiro atoms. The highest BCUT2D eigenvalue weighted by Gasteiger charge is 2.39. The zero-order valence-electron chi connectivity index (χ0n) is 18.3. The second-order valence-electron chi connectivity index (χ2n) is 7.52. The molecular formula is C22H30BrN3O5. The number of ether oxygens (including phenoxy) is 4. The number of nitrogens with zero attached hydrogens (tertiary/aromatic N) is 2. The monoisotopic (exact) mass is 495 g/mol. The van der Waals surface area contributed by atoms with E-state index in [4.69, 9.17) is 23.9 Å². The molecule has 9 heteroatoms. The van der Waals surface area contributed by atoms with Crippen LogP contribution in [-0.4, -0.2) is 55.9 Å². The minimum atomic E-state index is -0.317. The molecule has 170 valence electrons. The molecule has 1 fully saturated rings. The van der Waals surface area contributed by atoms with Crippen LogP contribution in [0.5, 0.6) is 11.5 Å². The van der Waals surface area contributed by atoms with Crippen molar-refractivity contribution in [3.8, 4) is 11.5 Å². The number of nitrogens with one attached hydrogen (secondary N) is 1. The summed E-state index contributed by atoms with van der Waals surface area (Å²) in [6.45, 7) is 2.49. The number of aliphatic hydroxyl groups excluding tert-OH is 1. The molecule has 0 amide bonds. The van der Waals surface area contributed by atoms with Gasteiger partial charge in [0.1, 0.15) is 5.84 Å². The van der Waals surface area contributed by atoms with Crippen LogP contribution in [0.3, 0.4) is 0 Å². The van der Waals surface area contributed by atoms with Crippen LogP contribution < -0.4 is 14.8 Å². The summed E-state index contributed by atoms with van der Waals surface area (Å²) in [5.74, 6) is 3.41. The Kier molecular flexibility index (Phi) is 7.38. The molecule has 4 rings (SSSR count). The van der Waals surface area contributed by atoms with Crippen molar-refractivity contribution in [1.29, 1.82) is 0 Å². The summed E-state index contributed by atoms with van der Waals surface area (Å²) in [6.07, 6.45) is 5.49. The molecule has 0 bridgehead atoms. The first kappa shape index (κ1) is 23.3. The summed E-state index contributed by atoms with van der Waals surface area (Å²) in [4.78, 5) is 6.99. The third-order valence-corrected chi connectivity index (χ3v) is 5.83. The third kappa shape index (κ3) is 4.34. The number of hydrogen-bond donors (Lipinski definition) is 2. The van der Waals surface area contributed by atoms with Crippen molar-refractivity contribution in [2.75, 3.05) is 27.9 Å². The van der Waals surface area contributed by atoms with E-state index in [0.29, 0.717) is 36.3 Å². The predicted octanol–water partition coefficient (Wildman–Crippen LogP) is 3.22. The topological polar surface area (TPSA) is 84.8 Å². The van der Waals surface area contributed by atoms with Gasteiger partial charge in [0.15, 0.2) is 11.5 Å². The summed E-state index contributed by atoms with van der Waals surface area (Å²) in [5, 5.41) is 13.4. The van der Waals surface area contributed by atoms with Crippen LogP contribution in [0, 0.1) is 0 Å². The first-order chi connectivity index (χ1) is 14.6. The molecule has 0 radical (unpaired) electrons. The fourth-order valence-corrected chi connectivity index (χ4v) is 4.40. The normalized spacial score (nSPS) is 24.2. The fraction of sp³-hybridized carbons (Fsp3) is 0.500. The molecule has 2 heterocycles. The molecule has 1 aliphatic carbocycles. The maximum Gasteiger partial charge on any atom is 0.215 e. The van der Waals surface area contributed by atoms with Crippen molar-refractivity contribution >= 4 is 22.8 Å². The van der Waals surface area contributed by atoms with Crippen LogP contribution in [0.25, 0.3) is 0 Å². The minimum Gasteiger partial charge on any atom is -0.493 e.